The van der Waals surface area contributed by atoms with Crippen molar-refractivity contribution in [3.05, 3.63) is 33.8 Å². The topological polar surface area (TPSA) is 49.4 Å². The molecule has 0 radical (unpaired) electrons. The first-order valence-corrected chi connectivity index (χ1v) is 4.94. The Labute approximate surface area is 99.2 Å². The highest BCUT2D eigenvalue weighted by molar-refractivity contribution is 6.31. The van der Waals surface area contributed by atoms with Crippen LogP contribution in [0.1, 0.15) is 22.9 Å². The largest absolute Gasteiger partial charge is 0.417 e. The normalized spacial score (nSPS) is 15.8. The molecule has 1 aliphatic heterocycles. The number of alkyl halides is 3. The second-order valence-corrected chi connectivity index (χ2v) is 3.88. The lowest BCUT2D eigenvalue weighted by molar-refractivity contribution is -0.137. The number of nitrogens with zero attached hydrogens (tertiary/aromatic N) is 4. The SMILES string of the molecule is Cc1cc(C(F)(F)F)c(Cl)cc1C1N=NN=N1. The molecule has 0 bridgehead atoms. The molecule has 2 rings (SSSR count). The van der Waals surface area contributed by atoms with Crippen LogP contribution in [0.25, 0.3) is 0 Å². The fourth-order valence-corrected chi connectivity index (χ4v) is 1.76. The van der Waals surface area contributed by atoms with Gasteiger partial charge in [0.2, 0.25) is 6.17 Å². The van der Waals surface area contributed by atoms with Crippen LogP contribution in [-0.4, -0.2) is 0 Å². The minimum absolute atomic E-state index is 0.379. The van der Waals surface area contributed by atoms with E-state index in [2.05, 4.69) is 20.7 Å². The van der Waals surface area contributed by atoms with Crippen molar-refractivity contribution in [2.75, 3.05) is 0 Å². The van der Waals surface area contributed by atoms with Gasteiger partial charge in [-0.15, -0.1) is 10.2 Å². The first-order valence-electron chi connectivity index (χ1n) is 4.57. The van der Waals surface area contributed by atoms with Gasteiger partial charge in [-0.3, -0.25) is 0 Å². The summed E-state index contributed by atoms with van der Waals surface area (Å²) in [5.74, 6) is 0. The fraction of sp³-hybridized carbons (Fsp3) is 0.333. The van der Waals surface area contributed by atoms with Crippen molar-refractivity contribution in [1.82, 2.24) is 0 Å². The molecule has 0 fully saturated rings. The van der Waals surface area contributed by atoms with E-state index in [9.17, 15) is 13.2 Å². The second-order valence-electron chi connectivity index (χ2n) is 3.47. The van der Waals surface area contributed by atoms with E-state index in [1.807, 2.05) is 0 Å². The van der Waals surface area contributed by atoms with Gasteiger partial charge in [0.1, 0.15) is 0 Å². The van der Waals surface area contributed by atoms with Crippen LogP contribution in [0, 0.1) is 6.92 Å². The van der Waals surface area contributed by atoms with E-state index in [4.69, 9.17) is 11.6 Å². The Bertz CT molecular complexity index is 498. The molecule has 0 saturated heterocycles. The lowest BCUT2D eigenvalue weighted by atomic mass is 10.0. The van der Waals surface area contributed by atoms with Crippen LogP contribution in [0.3, 0.4) is 0 Å². The molecule has 17 heavy (non-hydrogen) atoms. The zero-order valence-corrected chi connectivity index (χ0v) is 9.29. The standard InChI is InChI=1S/C9H6ClF3N4/c1-4-2-6(9(11,12)13)7(10)3-5(4)8-14-16-17-15-8/h2-3,8H,1H3. The Balaban J connectivity index is 2.49. The maximum absolute atomic E-state index is 12.6. The van der Waals surface area contributed by atoms with E-state index >= 15 is 0 Å². The maximum Gasteiger partial charge on any atom is 0.417 e. The second kappa shape index (κ2) is 4.06. The van der Waals surface area contributed by atoms with E-state index < -0.39 is 17.9 Å². The highest BCUT2D eigenvalue weighted by Gasteiger charge is 2.34. The lowest BCUT2D eigenvalue weighted by Gasteiger charge is -2.13. The van der Waals surface area contributed by atoms with Crippen LogP contribution in [-0.2, 0) is 6.18 Å². The van der Waals surface area contributed by atoms with E-state index in [-0.39, 0.29) is 5.02 Å². The molecule has 4 nitrogen and oxygen atoms in total. The van der Waals surface area contributed by atoms with Crippen molar-refractivity contribution in [2.45, 2.75) is 19.3 Å². The Kier molecular flexibility index (Phi) is 2.86. The summed E-state index contributed by atoms with van der Waals surface area (Å²) in [6.07, 6.45) is -5.17. The van der Waals surface area contributed by atoms with Gasteiger partial charge in [0.05, 0.1) is 10.6 Å². The van der Waals surface area contributed by atoms with Crippen LogP contribution in [0.15, 0.2) is 32.8 Å². The number of rotatable bonds is 1. The summed E-state index contributed by atoms with van der Waals surface area (Å²) in [6, 6.07) is 2.18. The molecule has 1 aromatic rings. The fourth-order valence-electron chi connectivity index (χ4n) is 1.48. The predicted molar refractivity (Wildman–Crippen MR) is 53.6 cm³/mol. The molecule has 1 aromatic carbocycles. The van der Waals surface area contributed by atoms with Crippen LogP contribution >= 0.6 is 11.6 Å². The quantitative estimate of drug-likeness (QED) is 0.715. The number of hydrogen-bond acceptors (Lipinski definition) is 4. The Hall–Kier alpha value is -1.50. The van der Waals surface area contributed by atoms with Crippen molar-refractivity contribution in [3.63, 3.8) is 0 Å². The third-order valence-corrected chi connectivity index (χ3v) is 2.61. The Morgan fingerprint density at radius 1 is 1.18 bits per heavy atom. The molecule has 0 saturated carbocycles. The smallest absolute Gasteiger partial charge is 0.166 e. The molecule has 0 atom stereocenters. The molecular formula is C9H6ClF3N4. The molecule has 0 spiro atoms. The van der Waals surface area contributed by atoms with Gasteiger partial charge < -0.3 is 0 Å². The number of benzene rings is 1. The minimum atomic E-state index is -4.47. The van der Waals surface area contributed by atoms with Crippen LogP contribution in [0.4, 0.5) is 13.2 Å². The molecule has 90 valence electrons. The molecule has 8 heteroatoms. The van der Waals surface area contributed by atoms with Crippen molar-refractivity contribution in [2.24, 2.45) is 20.7 Å². The Morgan fingerprint density at radius 3 is 2.29 bits per heavy atom. The molecule has 0 N–H and O–H groups in total. The summed E-state index contributed by atoms with van der Waals surface area (Å²) >= 11 is 5.60. The average molecular weight is 263 g/mol. The molecular weight excluding hydrogens is 257 g/mol. The van der Waals surface area contributed by atoms with Crippen molar-refractivity contribution >= 4 is 11.6 Å². The molecule has 1 heterocycles. The van der Waals surface area contributed by atoms with E-state index in [1.54, 1.807) is 0 Å². The third-order valence-electron chi connectivity index (χ3n) is 2.30. The highest BCUT2D eigenvalue weighted by Crippen LogP contribution is 2.38. The number of hydrogen-bond donors (Lipinski definition) is 0. The third kappa shape index (κ3) is 2.28. The van der Waals surface area contributed by atoms with E-state index in [1.165, 1.54) is 13.0 Å². The van der Waals surface area contributed by atoms with Gasteiger partial charge in [0.25, 0.3) is 0 Å². The summed E-state index contributed by atoms with van der Waals surface area (Å²) in [7, 11) is 0. The molecule has 0 amide bonds. The minimum Gasteiger partial charge on any atom is -0.166 e. The summed E-state index contributed by atoms with van der Waals surface area (Å²) in [5, 5.41) is 13.5. The zero-order chi connectivity index (χ0) is 12.6. The van der Waals surface area contributed by atoms with Gasteiger partial charge in [-0.1, -0.05) is 11.6 Å². The summed E-state index contributed by atoms with van der Waals surface area (Å²) in [6.45, 7) is 1.53. The zero-order valence-electron chi connectivity index (χ0n) is 8.53. The Morgan fingerprint density at radius 2 is 1.76 bits per heavy atom. The van der Waals surface area contributed by atoms with Crippen molar-refractivity contribution < 1.29 is 13.2 Å². The maximum atomic E-state index is 12.6. The van der Waals surface area contributed by atoms with Crippen molar-refractivity contribution in [3.8, 4) is 0 Å². The number of halogens is 4. The van der Waals surface area contributed by atoms with Gasteiger partial charge in [0.15, 0.2) is 0 Å². The summed E-state index contributed by atoms with van der Waals surface area (Å²) < 4.78 is 37.7. The van der Waals surface area contributed by atoms with Gasteiger partial charge in [-0.2, -0.15) is 13.2 Å². The molecule has 1 aliphatic rings. The van der Waals surface area contributed by atoms with Gasteiger partial charge in [-0.25, -0.2) is 0 Å². The first-order chi connectivity index (χ1) is 7.89. The molecule has 0 aromatic heterocycles. The number of aryl methyl sites for hydroxylation is 1. The lowest BCUT2D eigenvalue weighted by Crippen LogP contribution is -2.07. The van der Waals surface area contributed by atoms with Gasteiger partial charge >= 0.3 is 6.18 Å². The average Bonchev–Trinajstić information content (AvgIpc) is 2.72. The summed E-state index contributed by atoms with van der Waals surface area (Å²) in [4.78, 5) is 0. The van der Waals surface area contributed by atoms with Crippen LogP contribution in [0.2, 0.25) is 5.02 Å². The van der Waals surface area contributed by atoms with Crippen LogP contribution in [0.5, 0.6) is 0 Å². The first kappa shape index (κ1) is 12.0. The molecule has 0 aliphatic carbocycles. The monoisotopic (exact) mass is 262 g/mol. The predicted octanol–water partition coefficient (Wildman–Crippen LogP) is 4.50. The van der Waals surface area contributed by atoms with Gasteiger partial charge in [-0.05, 0) is 35.1 Å². The summed E-state index contributed by atoms with van der Waals surface area (Å²) in [5.41, 5.74) is -0.00758. The van der Waals surface area contributed by atoms with Crippen LogP contribution < -0.4 is 0 Å². The van der Waals surface area contributed by atoms with Crippen molar-refractivity contribution in [1.29, 1.82) is 0 Å². The van der Waals surface area contributed by atoms with E-state index in [0.29, 0.717) is 11.1 Å². The van der Waals surface area contributed by atoms with E-state index in [0.717, 1.165) is 6.07 Å². The van der Waals surface area contributed by atoms with Gasteiger partial charge in [0, 0.05) is 5.56 Å². The molecule has 0 unspecified atom stereocenters. The highest BCUT2D eigenvalue weighted by atomic mass is 35.5.